The molecule has 1 saturated heterocycles. The average molecular weight is 317 g/mol. The molecule has 1 aromatic rings. The Morgan fingerprint density at radius 1 is 1.39 bits per heavy atom. The van der Waals surface area contributed by atoms with Gasteiger partial charge in [0.15, 0.2) is 0 Å². The van der Waals surface area contributed by atoms with Gasteiger partial charge >= 0.3 is 0 Å². The van der Waals surface area contributed by atoms with Crippen LogP contribution in [0.2, 0.25) is 0 Å². The highest BCUT2D eigenvalue weighted by molar-refractivity contribution is 5.78. The van der Waals surface area contributed by atoms with Crippen molar-refractivity contribution in [2.75, 3.05) is 33.9 Å². The number of benzene rings is 1. The maximum Gasteiger partial charge on any atom is 0.234 e. The molecule has 1 amide bonds. The number of nitrogens with one attached hydrogen (secondary N) is 1. The van der Waals surface area contributed by atoms with Crippen LogP contribution in [0.5, 0.6) is 0 Å². The predicted octanol–water partition coefficient (Wildman–Crippen LogP) is 0.910. The second kappa shape index (κ2) is 8.63. The molecule has 6 heteroatoms. The molecule has 23 heavy (non-hydrogen) atoms. The Balaban J connectivity index is 1.82. The Hall–Kier alpha value is -1.94. The van der Waals surface area contributed by atoms with Crippen molar-refractivity contribution < 1.29 is 14.3 Å². The van der Waals surface area contributed by atoms with Crippen molar-refractivity contribution in [1.29, 1.82) is 5.26 Å². The minimum atomic E-state index is -0.0211. The van der Waals surface area contributed by atoms with Crippen molar-refractivity contribution in [3.63, 3.8) is 0 Å². The van der Waals surface area contributed by atoms with E-state index in [1.807, 2.05) is 12.1 Å². The molecule has 1 heterocycles. The summed E-state index contributed by atoms with van der Waals surface area (Å²) in [5, 5.41) is 11.7. The molecule has 0 radical (unpaired) electrons. The number of carbonyl (C=O) groups excluding carboxylic acids is 1. The maximum atomic E-state index is 12.2. The number of hydrogen-bond donors (Lipinski definition) is 1. The Morgan fingerprint density at radius 3 is 2.74 bits per heavy atom. The Morgan fingerprint density at radius 2 is 2.13 bits per heavy atom. The van der Waals surface area contributed by atoms with E-state index in [1.54, 1.807) is 26.4 Å². The van der Waals surface area contributed by atoms with Gasteiger partial charge in [0.1, 0.15) is 0 Å². The predicted molar refractivity (Wildman–Crippen MR) is 85.7 cm³/mol. The van der Waals surface area contributed by atoms with Crippen molar-refractivity contribution in [3.05, 3.63) is 35.4 Å². The zero-order valence-electron chi connectivity index (χ0n) is 13.6. The van der Waals surface area contributed by atoms with Crippen LogP contribution in [0, 0.1) is 11.3 Å². The monoisotopic (exact) mass is 317 g/mol. The molecule has 0 aromatic heterocycles. The summed E-state index contributed by atoms with van der Waals surface area (Å²) in [6.07, 6.45) is 1.04. The van der Waals surface area contributed by atoms with E-state index >= 15 is 0 Å². The van der Waals surface area contributed by atoms with E-state index < -0.39 is 0 Å². The van der Waals surface area contributed by atoms with Crippen LogP contribution in [-0.2, 0) is 20.8 Å². The van der Waals surface area contributed by atoms with E-state index in [2.05, 4.69) is 16.3 Å². The first-order valence-electron chi connectivity index (χ1n) is 7.67. The molecule has 0 bridgehead atoms. The summed E-state index contributed by atoms with van der Waals surface area (Å²) in [6, 6.07) is 9.49. The van der Waals surface area contributed by atoms with Gasteiger partial charge in [0.2, 0.25) is 5.91 Å². The van der Waals surface area contributed by atoms with Gasteiger partial charge in [-0.1, -0.05) is 12.1 Å². The van der Waals surface area contributed by atoms with Crippen molar-refractivity contribution in [2.24, 2.45) is 0 Å². The molecule has 1 aliphatic heterocycles. The number of nitriles is 1. The quantitative estimate of drug-likeness (QED) is 0.809. The van der Waals surface area contributed by atoms with Gasteiger partial charge in [0.25, 0.3) is 0 Å². The summed E-state index contributed by atoms with van der Waals surface area (Å²) in [6.45, 7) is 2.14. The number of nitrogens with zero attached hydrogens (tertiary/aromatic N) is 2. The lowest BCUT2D eigenvalue weighted by Gasteiger charge is -2.22. The Kier molecular flexibility index (Phi) is 6.53. The number of carbonyl (C=O) groups is 1. The summed E-state index contributed by atoms with van der Waals surface area (Å²) in [5.41, 5.74) is 1.59. The van der Waals surface area contributed by atoms with Crippen molar-refractivity contribution in [1.82, 2.24) is 10.2 Å². The smallest absolute Gasteiger partial charge is 0.234 e. The van der Waals surface area contributed by atoms with Gasteiger partial charge in [-0.2, -0.15) is 5.26 Å². The first-order chi connectivity index (χ1) is 11.2. The van der Waals surface area contributed by atoms with E-state index in [9.17, 15) is 4.79 Å². The molecule has 0 saturated carbocycles. The highest BCUT2D eigenvalue weighted by atomic mass is 16.5. The van der Waals surface area contributed by atoms with Crippen LogP contribution in [0.15, 0.2) is 24.3 Å². The van der Waals surface area contributed by atoms with Crippen LogP contribution in [0.4, 0.5) is 0 Å². The molecule has 1 aliphatic rings. The van der Waals surface area contributed by atoms with Crippen molar-refractivity contribution in [3.8, 4) is 6.07 Å². The SMILES string of the molecule is COC[C@@H]1C[C@@H](OC)CN1CC(=O)NCc1ccc(C#N)cc1. The van der Waals surface area contributed by atoms with Crippen LogP contribution in [-0.4, -0.2) is 56.9 Å². The van der Waals surface area contributed by atoms with Crippen LogP contribution in [0.3, 0.4) is 0 Å². The van der Waals surface area contributed by atoms with Gasteiger partial charge in [-0.3, -0.25) is 9.69 Å². The average Bonchev–Trinajstić information content (AvgIpc) is 2.95. The fourth-order valence-corrected chi connectivity index (χ4v) is 2.81. The summed E-state index contributed by atoms with van der Waals surface area (Å²) >= 11 is 0. The van der Waals surface area contributed by atoms with Gasteiger partial charge in [0.05, 0.1) is 30.9 Å². The topological polar surface area (TPSA) is 74.6 Å². The second-order valence-corrected chi connectivity index (χ2v) is 5.72. The number of likely N-dealkylation sites (tertiary alicyclic amines) is 1. The van der Waals surface area contributed by atoms with Crippen LogP contribution in [0.1, 0.15) is 17.5 Å². The summed E-state index contributed by atoms with van der Waals surface area (Å²) in [5.74, 6) is -0.0211. The van der Waals surface area contributed by atoms with Crippen molar-refractivity contribution in [2.45, 2.75) is 25.1 Å². The van der Waals surface area contributed by atoms with E-state index in [-0.39, 0.29) is 18.1 Å². The normalized spacial score (nSPS) is 21.1. The van der Waals surface area contributed by atoms with Gasteiger partial charge in [-0.05, 0) is 24.1 Å². The third-order valence-electron chi connectivity index (χ3n) is 4.10. The molecule has 1 fully saturated rings. The molecule has 2 rings (SSSR count). The first-order valence-corrected chi connectivity index (χ1v) is 7.67. The number of amides is 1. The lowest BCUT2D eigenvalue weighted by molar-refractivity contribution is -0.122. The summed E-state index contributed by atoms with van der Waals surface area (Å²) in [7, 11) is 3.37. The number of hydrogen-bond acceptors (Lipinski definition) is 5. The number of ether oxygens (including phenoxy) is 2. The third-order valence-corrected chi connectivity index (χ3v) is 4.10. The van der Waals surface area contributed by atoms with Gasteiger partial charge < -0.3 is 14.8 Å². The van der Waals surface area contributed by atoms with Crippen LogP contribution < -0.4 is 5.32 Å². The van der Waals surface area contributed by atoms with E-state index in [4.69, 9.17) is 14.7 Å². The fraction of sp³-hybridized carbons (Fsp3) is 0.529. The molecule has 2 atom stereocenters. The van der Waals surface area contributed by atoms with Gasteiger partial charge in [0, 0.05) is 33.4 Å². The highest BCUT2D eigenvalue weighted by Gasteiger charge is 2.32. The number of methoxy groups -OCH3 is 2. The Labute approximate surface area is 137 Å². The van der Waals surface area contributed by atoms with E-state index in [1.165, 1.54) is 0 Å². The maximum absolute atomic E-state index is 12.2. The Bertz CT molecular complexity index is 553. The zero-order valence-corrected chi connectivity index (χ0v) is 13.6. The molecule has 0 unspecified atom stereocenters. The first kappa shape index (κ1) is 17.4. The number of rotatable bonds is 7. The molecular formula is C17H23N3O3. The van der Waals surface area contributed by atoms with Gasteiger partial charge in [-0.25, -0.2) is 0 Å². The third kappa shape index (κ3) is 5.03. The lowest BCUT2D eigenvalue weighted by atomic mass is 10.1. The summed E-state index contributed by atoms with van der Waals surface area (Å²) < 4.78 is 10.6. The van der Waals surface area contributed by atoms with Gasteiger partial charge in [-0.15, -0.1) is 0 Å². The molecule has 1 aromatic carbocycles. The zero-order chi connectivity index (χ0) is 16.7. The molecule has 0 aliphatic carbocycles. The molecule has 1 N–H and O–H groups in total. The standard InChI is InChI=1S/C17H23N3O3/c1-22-12-15-7-16(23-2)10-20(15)11-17(21)19-9-14-5-3-13(8-18)4-6-14/h3-6,15-16H,7,9-12H2,1-2H3,(H,19,21)/t15-,16+/m0/s1. The van der Waals surface area contributed by atoms with E-state index in [0.29, 0.717) is 25.3 Å². The van der Waals surface area contributed by atoms with Crippen LogP contribution >= 0.6 is 0 Å². The van der Waals surface area contributed by atoms with Crippen LogP contribution in [0.25, 0.3) is 0 Å². The second-order valence-electron chi connectivity index (χ2n) is 5.72. The molecular weight excluding hydrogens is 294 g/mol. The largest absolute Gasteiger partial charge is 0.383 e. The lowest BCUT2D eigenvalue weighted by Crippen LogP contribution is -2.41. The minimum absolute atomic E-state index is 0.0211. The molecule has 6 nitrogen and oxygen atoms in total. The van der Waals surface area contributed by atoms with E-state index in [0.717, 1.165) is 18.5 Å². The highest BCUT2D eigenvalue weighted by Crippen LogP contribution is 2.19. The van der Waals surface area contributed by atoms with Crippen molar-refractivity contribution >= 4 is 5.91 Å². The fourth-order valence-electron chi connectivity index (χ4n) is 2.81. The molecule has 124 valence electrons. The summed E-state index contributed by atoms with van der Waals surface area (Å²) in [4.78, 5) is 14.3. The molecule has 0 spiro atoms. The minimum Gasteiger partial charge on any atom is -0.383 e.